The molecule has 8 nitrogen and oxygen atoms in total. The normalized spacial score (nSPS) is 11.0. The van der Waals surface area contributed by atoms with Gasteiger partial charge in [-0.15, -0.1) is 6.58 Å². The van der Waals surface area contributed by atoms with E-state index in [9.17, 15) is 14.0 Å². The molecule has 0 unspecified atom stereocenters. The van der Waals surface area contributed by atoms with Crippen LogP contribution in [0.1, 0.15) is 18.1 Å². The molecule has 0 bridgehead atoms. The summed E-state index contributed by atoms with van der Waals surface area (Å²) in [5.74, 6) is 0.393. The van der Waals surface area contributed by atoms with E-state index in [4.69, 9.17) is 14.5 Å². The number of para-hydroxylation sites is 1. The van der Waals surface area contributed by atoms with Crippen LogP contribution in [0.5, 0.6) is 11.5 Å². The Morgan fingerprint density at radius 3 is 2.51 bits per heavy atom. The van der Waals surface area contributed by atoms with Crippen LogP contribution in [-0.2, 0) is 11.2 Å². The van der Waals surface area contributed by atoms with Crippen LogP contribution in [-0.4, -0.2) is 35.0 Å². The first-order valence-corrected chi connectivity index (χ1v) is 13.7. The topological polar surface area (TPSA) is 94.8 Å². The quantitative estimate of drug-likeness (QED) is 0.149. The van der Waals surface area contributed by atoms with Crippen molar-refractivity contribution < 1.29 is 18.7 Å². The van der Waals surface area contributed by atoms with E-state index in [-0.39, 0.29) is 12.2 Å². The molecular weight excluding hydrogens is 547 g/mol. The van der Waals surface area contributed by atoms with Crippen molar-refractivity contribution in [2.45, 2.75) is 13.3 Å². The van der Waals surface area contributed by atoms with Crippen LogP contribution < -0.4 is 20.3 Å². The Morgan fingerprint density at radius 2 is 1.77 bits per heavy atom. The molecule has 4 aromatic carbocycles. The molecule has 1 N–H and O–H groups in total. The summed E-state index contributed by atoms with van der Waals surface area (Å²) in [6, 6.07) is 25.6. The van der Waals surface area contributed by atoms with Crippen LogP contribution in [0.3, 0.4) is 0 Å². The van der Waals surface area contributed by atoms with Gasteiger partial charge in [0.05, 0.1) is 23.7 Å². The summed E-state index contributed by atoms with van der Waals surface area (Å²) in [4.78, 5) is 30.8. The molecular formula is C34H29FN4O4. The second-order valence-electron chi connectivity index (χ2n) is 9.46. The standard InChI is InChI=1S/C34H29FN4O4/c1-3-10-25-19-23(20-30(42-4-2)32(25)43-22-31(40)37-27-17-15-26(35)16-18-27)21-36-39-33(24-11-6-5-7-12-24)38-29-14-9-8-13-28(29)34(39)41/h3,5-9,11-21H,1,4,10,22H2,2H3,(H,37,40). The van der Waals surface area contributed by atoms with Gasteiger partial charge in [0.2, 0.25) is 0 Å². The largest absolute Gasteiger partial charge is 0.490 e. The molecule has 9 heteroatoms. The maximum atomic E-state index is 13.5. The van der Waals surface area contributed by atoms with Gasteiger partial charge in [0.25, 0.3) is 11.5 Å². The summed E-state index contributed by atoms with van der Waals surface area (Å²) in [7, 11) is 0. The fraction of sp³-hybridized carbons (Fsp3) is 0.118. The number of anilines is 1. The zero-order chi connectivity index (χ0) is 30.2. The van der Waals surface area contributed by atoms with E-state index in [1.165, 1.54) is 28.9 Å². The van der Waals surface area contributed by atoms with Crippen molar-refractivity contribution in [3.05, 3.63) is 131 Å². The van der Waals surface area contributed by atoms with Gasteiger partial charge in [-0.2, -0.15) is 9.78 Å². The van der Waals surface area contributed by atoms with E-state index in [2.05, 4.69) is 17.0 Å². The van der Waals surface area contributed by atoms with Gasteiger partial charge in [-0.1, -0.05) is 48.5 Å². The Kier molecular flexibility index (Phi) is 9.02. The van der Waals surface area contributed by atoms with Crippen molar-refractivity contribution in [1.82, 2.24) is 9.66 Å². The Balaban J connectivity index is 1.49. The second-order valence-corrected chi connectivity index (χ2v) is 9.46. The van der Waals surface area contributed by atoms with E-state index < -0.39 is 11.7 Å². The maximum Gasteiger partial charge on any atom is 0.282 e. The van der Waals surface area contributed by atoms with Crippen LogP contribution in [0.2, 0.25) is 0 Å². The molecule has 1 aromatic heterocycles. The molecule has 0 atom stereocenters. The van der Waals surface area contributed by atoms with Crippen LogP contribution in [0.4, 0.5) is 10.1 Å². The van der Waals surface area contributed by atoms with Gasteiger partial charge in [-0.25, -0.2) is 9.37 Å². The highest BCUT2D eigenvalue weighted by molar-refractivity contribution is 5.92. The van der Waals surface area contributed by atoms with Crippen LogP contribution in [0, 0.1) is 5.82 Å². The van der Waals surface area contributed by atoms with Crippen LogP contribution >= 0.6 is 0 Å². The van der Waals surface area contributed by atoms with E-state index in [0.29, 0.717) is 58.1 Å². The number of hydrogen-bond acceptors (Lipinski definition) is 6. The lowest BCUT2D eigenvalue weighted by atomic mass is 10.1. The summed E-state index contributed by atoms with van der Waals surface area (Å²) in [6.45, 7) is 5.73. The molecule has 0 fully saturated rings. The fourth-order valence-corrected chi connectivity index (χ4v) is 4.49. The van der Waals surface area contributed by atoms with Crippen LogP contribution in [0.25, 0.3) is 22.3 Å². The number of hydrogen-bond donors (Lipinski definition) is 1. The molecule has 0 aliphatic heterocycles. The highest BCUT2D eigenvalue weighted by Crippen LogP contribution is 2.34. The first kappa shape index (κ1) is 28.9. The number of rotatable bonds is 11. The van der Waals surface area contributed by atoms with Gasteiger partial charge in [0.1, 0.15) is 5.82 Å². The predicted molar refractivity (Wildman–Crippen MR) is 166 cm³/mol. The lowest BCUT2D eigenvalue weighted by molar-refractivity contribution is -0.118. The third-order valence-electron chi connectivity index (χ3n) is 6.40. The molecule has 43 heavy (non-hydrogen) atoms. The first-order valence-electron chi connectivity index (χ1n) is 13.7. The number of halogens is 1. The van der Waals surface area contributed by atoms with E-state index in [1.807, 2.05) is 49.4 Å². The number of fused-ring (bicyclic) bond motifs is 1. The molecule has 1 heterocycles. The number of nitrogens with one attached hydrogen (secondary N) is 1. The minimum Gasteiger partial charge on any atom is -0.490 e. The zero-order valence-corrected chi connectivity index (χ0v) is 23.5. The fourth-order valence-electron chi connectivity index (χ4n) is 4.49. The zero-order valence-electron chi connectivity index (χ0n) is 23.5. The molecule has 0 saturated heterocycles. The summed E-state index contributed by atoms with van der Waals surface area (Å²) in [5, 5.41) is 7.69. The molecule has 216 valence electrons. The maximum absolute atomic E-state index is 13.5. The Morgan fingerprint density at radius 1 is 1.02 bits per heavy atom. The molecule has 5 aromatic rings. The number of carbonyl (C=O) groups excluding carboxylic acids is 1. The van der Waals surface area contributed by atoms with E-state index >= 15 is 0 Å². The van der Waals surface area contributed by atoms with Gasteiger partial charge in [-0.3, -0.25) is 9.59 Å². The van der Waals surface area contributed by atoms with Crippen molar-refractivity contribution in [3.63, 3.8) is 0 Å². The van der Waals surface area contributed by atoms with Crippen molar-refractivity contribution in [2.24, 2.45) is 5.10 Å². The minimum absolute atomic E-state index is 0.298. The number of aromatic nitrogens is 2. The number of amides is 1. The summed E-state index contributed by atoms with van der Waals surface area (Å²) in [5.41, 5.74) is 2.82. The second kappa shape index (κ2) is 13.4. The molecule has 5 rings (SSSR count). The van der Waals surface area contributed by atoms with Gasteiger partial charge in [0.15, 0.2) is 23.9 Å². The van der Waals surface area contributed by atoms with Gasteiger partial charge in [0, 0.05) is 16.8 Å². The molecule has 0 saturated carbocycles. The van der Waals surface area contributed by atoms with E-state index in [0.717, 1.165) is 5.56 Å². The summed E-state index contributed by atoms with van der Waals surface area (Å²) >= 11 is 0. The molecule has 0 aliphatic rings. The van der Waals surface area contributed by atoms with Crippen molar-refractivity contribution >= 4 is 28.7 Å². The number of allylic oxidation sites excluding steroid dienone is 1. The predicted octanol–water partition coefficient (Wildman–Crippen LogP) is 6.23. The number of ether oxygens (including phenoxy) is 2. The highest BCUT2D eigenvalue weighted by Gasteiger charge is 2.16. The lowest BCUT2D eigenvalue weighted by Gasteiger charge is -2.16. The molecule has 0 spiro atoms. The third kappa shape index (κ3) is 6.84. The average Bonchev–Trinajstić information content (AvgIpc) is 3.02. The molecule has 0 radical (unpaired) electrons. The smallest absolute Gasteiger partial charge is 0.282 e. The average molecular weight is 577 g/mol. The number of nitrogens with zero attached hydrogens (tertiary/aromatic N) is 3. The monoisotopic (exact) mass is 576 g/mol. The Labute approximate surface area is 247 Å². The Bertz CT molecular complexity index is 1850. The summed E-state index contributed by atoms with van der Waals surface area (Å²) < 4.78 is 26.3. The lowest BCUT2D eigenvalue weighted by Crippen LogP contribution is -2.21. The van der Waals surface area contributed by atoms with Gasteiger partial charge >= 0.3 is 0 Å². The minimum atomic E-state index is -0.416. The van der Waals surface area contributed by atoms with Crippen molar-refractivity contribution in [1.29, 1.82) is 0 Å². The van der Waals surface area contributed by atoms with E-state index in [1.54, 1.807) is 36.6 Å². The highest BCUT2D eigenvalue weighted by atomic mass is 19.1. The first-order chi connectivity index (χ1) is 21.0. The van der Waals surface area contributed by atoms with Crippen molar-refractivity contribution in [2.75, 3.05) is 18.5 Å². The SMILES string of the molecule is C=CCc1cc(C=Nn2c(-c3ccccc3)nc3ccccc3c2=O)cc(OCC)c1OCC(=O)Nc1ccc(F)cc1. The number of carbonyl (C=O) groups is 1. The number of benzene rings is 4. The van der Waals surface area contributed by atoms with Gasteiger partial charge in [-0.05, 0) is 67.4 Å². The van der Waals surface area contributed by atoms with Crippen LogP contribution in [0.15, 0.2) is 114 Å². The summed E-state index contributed by atoms with van der Waals surface area (Å²) in [6.07, 6.45) is 3.69. The van der Waals surface area contributed by atoms with Gasteiger partial charge < -0.3 is 14.8 Å². The van der Waals surface area contributed by atoms with Crippen molar-refractivity contribution in [3.8, 4) is 22.9 Å². The molecule has 0 aliphatic carbocycles. The third-order valence-corrected chi connectivity index (χ3v) is 6.40. The Hall–Kier alpha value is -5.57. The molecule has 1 amide bonds.